The van der Waals surface area contributed by atoms with E-state index in [1.807, 2.05) is 37.3 Å². The first-order chi connectivity index (χ1) is 11.2. The summed E-state index contributed by atoms with van der Waals surface area (Å²) in [6.45, 7) is 5.98. The first kappa shape index (κ1) is 17.0. The van der Waals surface area contributed by atoms with Crippen molar-refractivity contribution in [1.29, 1.82) is 0 Å². The molecule has 1 amide bonds. The average molecular weight is 312 g/mol. The van der Waals surface area contributed by atoms with E-state index in [0.717, 1.165) is 12.2 Å². The van der Waals surface area contributed by atoms with E-state index in [0.29, 0.717) is 25.3 Å². The molecule has 0 aliphatic rings. The molecule has 122 valence electrons. The van der Waals surface area contributed by atoms with Crippen LogP contribution < -0.4 is 15.4 Å². The minimum Gasteiger partial charge on any atom is -0.492 e. The number of ether oxygens (including phenoxy) is 1. The summed E-state index contributed by atoms with van der Waals surface area (Å²) in [7, 11) is 0. The van der Waals surface area contributed by atoms with Gasteiger partial charge in [0.25, 0.3) is 0 Å². The zero-order valence-electron chi connectivity index (χ0n) is 13.8. The molecule has 2 aromatic rings. The van der Waals surface area contributed by atoms with Crippen LogP contribution in [0.15, 0.2) is 48.5 Å². The van der Waals surface area contributed by atoms with Gasteiger partial charge in [-0.05, 0) is 31.5 Å². The van der Waals surface area contributed by atoms with Gasteiger partial charge in [-0.25, -0.2) is 0 Å². The molecular weight excluding hydrogens is 288 g/mol. The fourth-order valence-electron chi connectivity index (χ4n) is 2.32. The predicted molar refractivity (Wildman–Crippen MR) is 93.7 cm³/mol. The largest absolute Gasteiger partial charge is 0.492 e. The third kappa shape index (κ3) is 5.75. The molecule has 0 saturated carbocycles. The van der Waals surface area contributed by atoms with Crippen LogP contribution in [0.5, 0.6) is 5.75 Å². The number of para-hydroxylation sites is 2. The summed E-state index contributed by atoms with van der Waals surface area (Å²) in [5.41, 5.74) is 3.19. The van der Waals surface area contributed by atoms with Crippen molar-refractivity contribution in [3.8, 4) is 5.75 Å². The highest BCUT2D eigenvalue weighted by Crippen LogP contribution is 2.23. The molecular formula is C19H24N2O2. The topological polar surface area (TPSA) is 50.4 Å². The Morgan fingerprint density at radius 2 is 1.96 bits per heavy atom. The monoisotopic (exact) mass is 312 g/mol. The molecule has 0 fully saturated rings. The summed E-state index contributed by atoms with van der Waals surface area (Å²) >= 11 is 0. The van der Waals surface area contributed by atoms with Gasteiger partial charge < -0.3 is 15.4 Å². The highest BCUT2D eigenvalue weighted by molar-refractivity contribution is 5.92. The third-order valence-corrected chi connectivity index (χ3v) is 3.40. The highest BCUT2D eigenvalue weighted by atomic mass is 16.5. The molecule has 0 aromatic heterocycles. The number of rotatable bonds is 8. The Labute approximate surface area is 137 Å². The Kier molecular flexibility index (Phi) is 6.63. The van der Waals surface area contributed by atoms with Crippen LogP contribution in [0.25, 0.3) is 0 Å². The first-order valence-corrected chi connectivity index (χ1v) is 7.97. The fraction of sp³-hybridized carbons (Fsp3) is 0.316. The zero-order chi connectivity index (χ0) is 16.5. The number of amides is 1. The van der Waals surface area contributed by atoms with Gasteiger partial charge in [-0.3, -0.25) is 4.79 Å². The molecule has 0 spiro atoms. The quantitative estimate of drug-likeness (QED) is 0.733. The van der Waals surface area contributed by atoms with E-state index < -0.39 is 0 Å². The van der Waals surface area contributed by atoms with Gasteiger partial charge in [-0.15, -0.1) is 0 Å². The Balaban J connectivity index is 1.75. The molecule has 0 saturated heterocycles. The van der Waals surface area contributed by atoms with Gasteiger partial charge in [-0.2, -0.15) is 0 Å². The summed E-state index contributed by atoms with van der Waals surface area (Å²) < 4.78 is 5.50. The average Bonchev–Trinajstić information content (AvgIpc) is 2.54. The molecule has 2 aromatic carbocycles. The van der Waals surface area contributed by atoms with Gasteiger partial charge in [0, 0.05) is 19.5 Å². The van der Waals surface area contributed by atoms with Crippen LogP contribution in [-0.4, -0.2) is 19.1 Å². The van der Waals surface area contributed by atoms with Crippen molar-refractivity contribution in [3.05, 3.63) is 59.7 Å². The van der Waals surface area contributed by atoms with Gasteiger partial charge in [-0.1, -0.05) is 42.0 Å². The normalized spacial score (nSPS) is 10.3. The molecule has 4 heteroatoms. The molecule has 4 nitrogen and oxygen atoms in total. The van der Waals surface area contributed by atoms with Crippen LogP contribution in [-0.2, 0) is 11.3 Å². The molecule has 0 unspecified atom stereocenters. The van der Waals surface area contributed by atoms with E-state index >= 15 is 0 Å². The predicted octanol–water partition coefficient (Wildman–Crippen LogP) is 3.51. The van der Waals surface area contributed by atoms with E-state index in [2.05, 4.69) is 35.8 Å². The lowest BCUT2D eigenvalue weighted by Gasteiger charge is -2.11. The van der Waals surface area contributed by atoms with Crippen LogP contribution in [0.4, 0.5) is 5.69 Å². The molecule has 0 heterocycles. The number of benzene rings is 2. The van der Waals surface area contributed by atoms with E-state index in [9.17, 15) is 4.79 Å². The number of carbonyl (C=O) groups excluding carboxylic acids is 1. The molecule has 0 aliphatic heterocycles. The van der Waals surface area contributed by atoms with Gasteiger partial charge in [0.1, 0.15) is 5.75 Å². The minimum atomic E-state index is -0.0195. The number of hydrogen-bond acceptors (Lipinski definition) is 3. The number of anilines is 1. The lowest BCUT2D eigenvalue weighted by atomic mass is 10.1. The fourth-order valence-corrected chi connectivity index (χ4v) is 2.32. The molecule has 0 atom stereocenters. The van der Waals surface area contributed by atoms with Crippen LogP contribution in [0.3, 0.4) is 0 Å². The Bertz CT molecular complexity index is 641. The second-order valence-electron chi connectivity index (χ2n) is 5.39. The Morgan fingerprint density at radius 1 is 1.13 bits per heavy atom. The standard InChI is InChI=1S/C19H24N2O2/c1-3-23-18-10-5-4-9-17(18)21-19(22)11-12-20-14-16-8-6-7-15(2)13-16/h4-10,13,20H,3,11-12,14H2,1-2H3,(H,21,22). The van der Waals surface area contributed by atoms with Crippen molar-refractivity contribution in [2.75, 3.05) is 18.5 Å². The maximum Gasteiger partial charge on any atom is 0.225 e. The van der Waals surface area contributed by atoms with E-state index in [1.165, 1.54) is 11.1 Å². The van der Waals surface area contributed by atoms with Crippen molar-refractivity contribution in [3.63, 3.8) is 0 Å². The van der Waals surface area contributed by atoms with Gasteiger partial charge >= 0.3 is 0 Å². The number of aryl methyl sites for hydroxylation is 1. The van der Waals surface area contributed by atoms with E-state index in [4.69, 9.17) is 4.74 Å². The summed E-state index contributed by atoms with van der Waals surface area (Å²) in [6, 6.07) is 15.8. The highest BCUT2D eigenvalue weighted by Gasteiger charge is 2.06. The maximum atomic E-state index is 12.0. The van der Waals surface area contributed by atoms with Crippen molar-refractivity contribution < 1.29 is 9.53 Å². The number of hydrogen-bond donors (Lipinski definition) is 2. The first-order valence-electron chi connectivity index (χ1n) is 7.97. The van der Waals surface area contributed by atoms with Crippen molar-refractivity contribution in [2.45, 2.75) is 26.8 Å². The SMILES string of the molecule is CCOc1ccccc1NC(=O)CCNCc1cccc(C)c1. The minimum absolute atomic E-state index is 0.0195. The van der Waals surface area contributed by atoms with E-state index in [1.54, 1.807) is 0 Å². The molecule has 0 radical (unpaired) electrons. The van der Waals surface area contributed by atoms with Crippen LogP contribution >= 0.6 is 0 Å². The molecule has 23 heavy (non-hydrogen) atoms. The lowest BCUT2D eigenvalue weighted by molar-refractivity contribution is -0.116. The molecule has 2 N–H and O–H groups in total. The summed E-state index contributed by atoms with van der Waals surface area (Å²) in [4.78, 5) is 12.0. The summed E-state index contributed by atoms with van der Waals surface area (Å²) in [6.07, 6.45) is 0.423. The second-order valence-corrected chi connectivity index (χ2v) is 5.39. The molecule has 2 rings (SSSR count). The van der Waals surface area contributed by atoms with Crippen molar-refractivity contribution in [2.24, 2.45) is 0 Å². The number of carbonyl (C=O) groups is 1. The second kappa shape index (κ2) is 8.96. The smallest absolute Gasteiger partial charge is 0.225 e. The summed E-state index contributed by atoms with van der Waals surface area (Å²) in [5, 5.41) is 6.19. The van der Waals surface area contributed by atoms with Crippen LogP contribution in [0.2, 0.25) is 0 Å². The maximum absolute atomic E-state index is 12.0. The summed E-state index contributed by atoms with van der Waals surface area (Å²) in [5.74, 6) is 0.685. The van der Waals surface area contributed by atoms with E-state index in [-0.39, 0.29) is 5.91 Å². The lowest BCUT2D eigenvalue weighted by Crippen LogP contribution is -2.21. The van der Waals surface area contributed by atoms with Crippen LogP contribution in [0.1, 0.15) is 24.5 Å². The van der Waals surface area contributed by atoms with Crippen LogP contribution in [0, 0.1) is 6.92 Å². The van der Waals surface area contributed by atoms with Gasteiger partial charge in [0.15, 0.2) is 0 Å². The third-order valence-electron chi connectivity index (χ3n) is 3.40. The van der Waals surface area contributed by atoms with Gasteiger partial charge in [0.05, 0.1) is 12.3 Å². The molecule has 0 aliphatic carbocycles. The molecule has 0 bridgehead atoms. The van der Waals surface area contributed by atoms with Crippen molar-refractivity contribution >= 4 is 11.6 Å². The Hall–Kier alpha value is -2.33. The van der Waals surface area contributed by atoms with Crippen molar-refractivity contribution in [1.82, 2.24) is 5.32 Å². The van der Waals surface area contributed by atoms with Gasteiger partial charge in [0.2, 0.25) is 5.91 Å². The number of nitrogens with one attached hydrogen (secondary N) is 2. The Morgan fingerprint density at radius 3 is 2.74 bits per heavy atom. The zero-order valence-corrected chi connectivity index (χ0v) is 13.8.